The first kappa shape index (κ1) is 18.5. The first-order valence-corrected chi connectivity index (χ1v) is 9.09. The Morgan fingerprint density at radius 1 is 1.21 bits per heavy atom. The zero-order chi connectivity index (χ0) is 18.0. The van der Waals surface area contributed by atoms with E-state index in [1.807, 2.05) is 6.07 Å². The fourth-order valence-corrected chi connectivity index (χ4v) is 3.52. The van der Waals surface area contributed by atoms with Crippen LogP contribution in [0.25, 0.3) is 0 Å². The number of amides is 1. The minimum absolute atomic E-state index is 0.0775. The zero-order valence-electron chi connectivity index (χ0n) is 13.6. The van der Waals surface area contributed by atoms with Gasteiger partial charge in [0.15, 0.2) is 5.76 Å². The summed E-state index contributed by atoms with van der Waals surface area (Å²) < 4.78 is 31.9. The number of benzene rings is 1. The average molecular weight is 371 g/mol. The Bertz CT molecular complexity index is 838. The number of furan rings is 1. The Balaban J connectivity index is 2.06. The van der Waals surface area contributed by atoms with Gasteiger partial charge in [-0.3, -0.25) is 4.79 Å². The second-order valence-electron chi connectivity index (χ2n) is 6.29. The van der Waals surface area contributed by atoms with Crippen molar-refractivity contribution in [3.8, 4) is 0 Å². The summed E-state index contributed by atoms with van der Waals surface area (Å²) in [5.41, 5.74) is 0.172. The highest BCUT2D eigenvalue weighted by molar-refractivity contribution is 7.89. The zero-order valence-corrected chi connectivity index (χ0v) is 15.2. The third-order valence-corrected chi connectivity index (χ3v) is 4.72. The summed E-state index contributed by atoms with van der Waals surface area (Å²) >= 11 is 5.88. The van der Waals surface area contributed by atoms with E-state index in [2.05, 4.69) is 10.0 Å². The van der Waals surface area contributed by atoms with Crippen molar-refractivity contribution in [2.45, 2.75) is 37.9 Å². The molecule has 0 atom stereocenters. The van der Waals surface area contributed by atoms with Gasteiger partial charge in [0.2, 0.25) is 5.09 Å². The van der Waals surface area contributed by atoms with Gasteiger partial charge >= 0.3 is 0 Å². The van der Waals surface area contributed by atoms with Crippen molar-refractivity contribution in [2.24, 2.45) is 0 Å². The van der Waals surface area contributed by atoms with Gasteiger partial charge in [0.25, 0.3) is 15.9 Å². The van der Waals surface area contributed by atoms with E-state index >= 15 is 0 Å². The van der Waals surface area contributed by atoms with Crippen molar-refractivity contribution in [3.05, 3.63) is 52.7 Å². The number of rotatable bonds is 5. The van der Waals surface area contributed by atoms with Crippen LogP contribution >= 0.6 is 11.6 Å². The molecule has 0 aliphatic rings. The molecule has 0 radical (unpaired) electrons. The van der Waals surface area contributed by atoms with Crippen LogP contribution in [0.4, 0.5) is 0 Å². The monoisotopic (exact) mass is 370 g/mol. The van der Waals surface area contributed by atoms with Crippen molar-refractivity contribution in [3.63, 3.8) is 0 Å². The summed E-state index contributed by atoms with van der Waals surface area (Å²) in [7, 11) is -3.82. The molecule has 0 spiro atoms. The van der Waals surface area contributed by atoms with E-state index in [-0.39, 0.29) is 17.4 Å². The highest BCUT2D eigenvalue weighted by Crippen LogP contribution is 2.17. The van der Waals surface area contributed by atoms with Crippen LogP contribution in [0, 0.1) is 0 Å². The van der Waals surface area contributed by atoms with Crippen molar-refractivity contribution in [2.75, 3.05) is 0 Å². The molecule has 0 aliphatic carbocycles. The smallest absolute Gasteiger partial charge is 0.287 e. The summed E-state index contributed by atoms with van der Waals surface area (Å²) in [6.07, 6.45) is 0. The Morgan fingerprint density at radius 2 is 1.92 bits per heavy atom. The van der Waals surface area contributed by atoms with Crippen LogP contribution in [0.2, 0.25) is 5.02 Å². The van der Waals surface area contributed by atoms with E-state index in [4.69, 9.17) is 16.0 Å². The van der Waals surface area contributed by atoms with Crippen molar-refractivity contribution >= 4 is 27.5 Å². The first-order chi connectivity index (χ1) is 11.1. The molecule has 24 heavy (non-hydrogen) atoms. The van der Waals surface area contributed by atoms with Crippen LogP contribution in [-0.2, 0) is 16.6 Å². The van der Waals surface area contributed by atoms with Crippen LogP contribution < -0.4 is 10.0 Å². The van der Waals surface area contributed by atoms with Crippen LogP contribution in [0.5, 0.6) is 0 Å². The fourth-order valence-electron chi connectivity index (χ4n) is 1.96. The maximum atomic E-state index is 12.1. The lowest BCUT2D eigenvalue weighted by atomic mass is 10.1. The molecule has 0 saturated carbocycles. The van der Waals surface area contributed by atoms with Gasteiger partial charge in [-0.1, -0.05) is 23.7 Å². The van der Waals surface area contributed by atoms with E-state index in [9.17, 15) is 13.2 Å². The molecular weight excluding hydrogens is 352 g/mol. The minimum atomic E-state index is -3.82. The van der Waals surface area contributed by atoms with Crippen LogP contribution in [-0.4, -0.2) is 19.9 Å². The van der Waals surface area contributed by atoms with Gasteiger partial charge in [-0.2, -0.15) is 0 Å². The van der Waals surface area contributed by atoms with Gasteiger partial charge in [-0.25, -0.2) is 13.1 Å². The van der Waals surface area contributed by atoms with E-state index in [1.165, 1.54) is 12.1 Å². The molecule has 6 nitrogen and oxygen atoms in total. The van der Waals surface area contributed by atoms with Gasteiger partial charge in [0, 0.05) is 17.1 Å². The second kappa shape index (κ2) is 6.96. The predicted molar refractivity (Wildman–Crippen MR) is 91.4 cm³/mol. The normalized spacial score (nSPS) is 12.2. The Hall–Kier alpha value is -1.83. The van der Waals surface area contributed by atoms with Gasteiger partial charge < -0.3 is 9.73 Å². The van der Waals surface area contributed by atoms with Gasteiger partial charge in [-0.05, 0) is 50.6 Å². The molecular formula is C16H19ClN2O4S. The molecule has 2 rings (SSSR count). The third kappa shape index (κ3) is 5.09. The van der Waals surface area contributed by atoms with Gasteiger partial charge in [0.1, 0.15) is 0 Å². The van der Waals surface area contributed by atoms with Crippen LogP contribution in [0.15, 0.2) is 45.9 Å². The van der Waals surface area contributed by atoms with E-state index < -0.39 is 21.5 Å². The highest BCUT2D eigenvalue weighted by atomic mass is 35.5. The average Bonchev–Trinajstić information content (AvgIpc) is 2.93. The second-order valence-corrected chi connectivity index (χ2v) is 8.34. The quantitative estimate of drug-likeness (QED) is 0.846. The lowest BCUT2D eigenvalue weighted by Gasteiger charge is -2.18. The summed E-state index contributed by atoms with van der Waals surface area (Å²) in [6, 6.07) is 9.63. The molecule has 130 valence electrons. The highest BCUT2D eigenvalue weighted by Gasteiger charge is 2.26. The lowest BCUT2D eigenvalue weighted by Crippen LogP contribution is -2.40. The molecule has 2 aromatic rings. The number of hydrogen-bond donors (Lipinski definition) is 2. The van der Waals surface area contributed by atoms with Gasteiger partial charge in [-0.15, -0.1) is 0 Å². The molecule has 0 bridgehead atoms. The lowest BCUT2D eigenvalue weighted by molar-refractivity contribution is 0.0918. The SMILES string of the molecule is CC(C)(C)NS(=O)(=O)c1ccc(C(=O)NCc2cccc(Cl)c2)o1. The van der Waals surface area contributed by atoms with Crippen molar-refractivity contribution in [1.82, 2.24) is 10.0 Å². The molecule has 0 saturated heterocycles. The maximum Gasteiger partial charge on any atom is 0.287 e. The summed E-state index contributed by atoms with van der Waals surface area (Å²) in [4.78, 5) is 12.1. The van der Waals surface area contributed by atoms with Gasteiger partial charge in [0.05, 0.1) is 0 Å². The molecule has 0 unspecified atom stereocenters. The molecule has 0 aliphatic heterocycles. The molecule has 1 amide bonds. The topological polar surface area (TPSA) is 88.4 Å². The number of hydrogen-bond acceptors (Lipinski definition) is 4. The molecule has 8 heteroatoms. The number of nitrogens with one attached hydrogen (secondary N) is 2. The predicted octanol–water partition coefficient (Wildman–Crippen LogP) is 2.94. The summed E-state index contributed by atoms with van der Waals surface area (Å²) in [6.45, 7) is 5.40. The Labute approximate surface area is 146 Å². The summed E-state index contributed by atoms with van der Waals surface area (Å²) in [5, 5.41) is 2.92. The Kier molecular flexibility index (Phi) is 5.37. The number of carbonyl (C=O) groups is 1. The third-order valence-electron chi connectivity index (χ3n) is 2.85. The van der Waals surface area contributed by atoms with Crippen LogP contribution in [0.3, 0.4) is 0 Å². The van der Waals surface area contributed by atoms with Crippen LogP contribution in [0.1, 0.15) is 36.9 Å². The van der Waals surface area contributed by atoms with Crippen molar-refractivity contribution in [1.29, 1.82) is 0 Å². The first-order valence-electron chi connectivity index (χ1n) is 7.23. The Morgan fingerprint density at radius 3 is 2.54 bits per heavy atom. The fraction of sp³-hybridized carbons (Fsp3) is 0.312. The number of sulfonamides is 1. The number of carbonyl (C=O) groups excluding carboxylic acids is 1. The van der Waals surface area contributed by atoms with Crippen molar-refractivity contribution < 1.29 is 17.6 Å². The minimum Gasteiger partial charge on any atom is -0.438 e. The standard InChI is InChI=1S/C16H19ClN2O4S/c1-16(2,3)19-24(21,22)14-8-7-13(23-14)15(20)18-10-11-5-4-6-12(17)9-11/h4-9,19H,10H2,1-3H3,(H,18,20). The van der Waals surface area contributed by atoms with E-state index in [0.717, 1.165) is 5.56 Å². The van der Waals surface area contributed by atoms with E-state index in [0.29, 0.717) is 5.02 Å². The maximum absolute atomic E-state index is 12.1. The molecule has 0 fully saturated rings. The number of halogens is 1. The molecule has 1 heterocycles. The molecule has 1 aromatic carbocycles. The summed E-state index contributed by atoms with van der Waals surface area (Å²) in [5.74, 6) is -0.585. The van der Waals surface area contributed by atoms with E-state index in [1.54, 1.807) is 39.0 Å². The largest absolute Gasteiger partial charge is 0.438 e. The molecule has 2 N–H and O–H groups in total. The molecule has 1 aromatic heterocycles.